The van der Waals surface area contributed by atoms with Crippen LogP contribution in [0, 0.1) is 0 Å². The summed E-state index contributed by atoms with van der Waals surface area (Å²) in [5.41, 5.74) is 1.71. The van der Waals surface area contributed by atoms with Gasteiger partial charge in [-0.25, -0.2) is 0 Å². The van der Waals surface area contributed by atoms with Crippen LogP contribution in [0.2, 0.25) is 0 Å². The van der Waals surface area contributed by atoms with Crippen molar-refractivity contribution in [2.75, 3.05) is 6.54 Å². The summed E-state index contributed by atoms with van der Waals surface area (Å²) >= 11 is 3.34. The number of halogens is 1. The minimum absolute atomic E-state index is 0.175. The van der Waals surface area contributed by atoms with Gasteiger partial charge in [-0.15, -0.1) is 0 Å². The van der Waals surface area contributed by atoms with Crippen molar-refractivity contribution in [1.82, 2.24) is 0 Å². The summed E-state index contributed by atoms with van der Waals surface area (Å²) in [4.78, 5) is 4.18. The van der Waals surface area contributed by atoms with Gasteiger partial charge in [0.25, 0.3) is 0 Å². The summed E-state index contributed by atoms with van der Waals surface area (Å²) < 4.78 is 0.876. The first-order valence-corrected chi connectivity index (χ1v) is 7.15. The molecular weight excluding hydrogens is 318 g/mol. The maximum Gasteiger partial charge on any atom is 0.124 e. The second-order valence-electron chi connectivity index (χ2n) is 4.54. The van der Waals surface area contributed by atoms with Gasteiger partial charge >= 0.3 is 0 Å². The molecule has 2 rings (SSSR count). The van der Waals surface area contributed by atoms with E-state index in [-0.39, 0.29) is 5.75 Å². The van der Waals surface area contributed by atoms with Gasteiger partial charge in [0.2, 0.25) is 0 Å². The van der Waals surface area contributed by atoms with E-state index in [9.17, 15) is 10.2 Å². The number of hydrogen-bond acceptors (Lipinski definition) is 3. The van der Waals surface area contributed by atoms with E-state index in [0.29, 0.717) is 18.5 Å². The molecule has 2 aromatic rings. The molecule has 0 aliphatic carbocycles. The Morgan fingerprint density at radius 3 is 2.65 bits per heavy atom. The lowest BCUT2D eigenvalue weighted by Gasteiger charge is -2.07. The van der Waals surface area contributed by atoms with Gasteiger partial charge in [0.05, 0.1) is 12.6 Å². The fraction of sp³-hybridized carbons (Fsp3) is 0.188. The Labute approximate surface area is 126 Å². The van der Waals surface area contributed by atoms with Gasteiger partial charge < -0.3 is 10.2 Å². The van der Waals surface area contributed by atoms with Crippen LogP contribution in [0.4, 0.5) is 0 Å². The molecule has 1 atom stereocenters. The van der Waals surface area contributed by atoms with Crippen LogP contribution >= 0.6 is 15.9 Å². The molecule has 0 aliphatic rings. The number of aliphatic hydroxyl groups is 1. The molecule has 20 heavy (non-hydrogen) atoms. The molecular formula is C16H16BrNO2. The lowest BCUT2D eigenvalue weighted by Crippen LogP contribution is -2.14. The summed E-state index contributed by atoms with van der Waals surface area (Å²) in [7, 11) is 0. The molecule has 0 aliphatic heterocycles. The highest BCUT2D eigenvalue weighted by Gasteiger charge is 2.04. The Balaban J connectivity index is 1.91. The second kappa shape index (κ2) is 7.22. The lowest BCUT2D eigenvalue weighted by atomic mass is 10.1. The highest BCUT2D eigenvalue weighted by atomic mass is 79.9. The fourth-order valence-corrected chi connectivity index (χ4v) is 2.23. The first kappa shape index (κ1) is 14.8. The SMILES string of the molecule is Oc1ccc(Br)cc1C=NCC(O)Cc1ccccc1. The largest absolute Gasteiger partial charge is 0.507 e. The first-order chi connectivity index (χ1) is 9.65. The van der Waals surface area contributed by atoms with Gasteiger partial charge in [-0.3, -0.25) is 4.99 Å². The van der Waals surface area contributed by atoms with Crippen LogP contribution in [0.5, 0.6) is 5.75 Å². The molecule has 0 amide bonds. The van der Waals surface area contributed by atoms with Crippen LogP contribution in [0.15, 0.2) is 58.0 Å². The van der Waals surface area contributed by atoms with E-state index < -0.39 is 6.10 Å². The predicted molar refractivity (Wildman–Crippen MR) is 84.4 cm³/mol. The third kappa shape index (κ3) is 4.47. The van der Waals surface area contributed by atoms with Gasteiger partial charge in [0, 0.05) is 22.7 Å². The van der Waals surface area contributed by atoms with E-state index in [2.05, 4.69) is 20.9 Å². The zero-order valence-corrected chi connectivity index (χ0v) is 12.5. The predicted octanol–water partition coefficient (Wildman–Crippen LogP) is 3.18. The highest BCUT2D eigenvalue weighted by Crippen LogP contribution is 2.20. The Hall–Kier alpha value is -1.65. The molecule has 2 N–H and O–H groups in total. The van der Waals surface area contributed by atoms with Crippen LogP contribution in [-0.4, -0.2) is 29.1 Å². The van der Waals surface area contributed by atoms with Crippen molar-refractivity contribution in [2.24, 2.45) is 4.99 Å². The lowest BCUT2D eigenvalue weighted by molar-refractivity contribution is 0.184. The van der Waals surface area contributed by atoms with Crippen molar-refractivity contribution in [3.63, 3.8) is 0 Å². The van der Waals surface area contributed by atoms with Crippen molar-refractivity contribution >= 4 is 22.1 Å². The average molecular weight is 334 g/mol. The van der Waals surface area contributed by atoms with Crippen molar-refractivity contribution in [1.29, 1.82) is 0 Å². The van der Waals surface area contributed by atoms with Crippen LogP contribution in [-0.2, 0) is 6.42 Å². The van der Waals surface area contributed by atoms with Crippen LogP contribution in [0.3, 0.4) is 0 Å². The molecule has 0 saturated heterocycles. The van der Waals surface area contributed by atoms with Gasteiger partial charge in [-0.05, 0) is 23.8 Å². The Morgan fingerprint density at radius 2 is 1.90 bits per heavy atom. The van der Waals surface area contributed by atoms with Crippen LogP contribution in [0.25, 0.3) is 0 Å². The molecule has 3 nitrogen and oxygen atoms in total. The number of benzene rings is 2. The first-order valence-electron chi connectivity index (χ1n) is 6.35. The number of phenolic OH excluding ortho intramolecular Hbond substituents is 1. The summed E-state index contributed by atoms with van der Waals surface area (Å²) in [6.07, 6.45) is 1.62. The van der Waals surface area contributed by atoms with E-state index in [0.717, 1.165) is 10.0 Å². The standard InChI is InChI=1S/C16H16BrNO2/c17-14-6-7-16(20)13(9-14)10-18-11-15(19)8-12-4-2-1-3-5-12/h1-7,9-10,15,19-20H,8,11H2. The molecule has 1 unspecified atom stereocenters. The molecule has 0 fully saturated rings. The minimum atomic E-state index is -0.525. The molecule has 0 heterocycles. The Morgan fingerprint density at radius 1 is 1.15 bits per heavy atom. The molecule has 0 saturated carbocycles. The summed E-state index contributed by atoms with van der Waals surface area (Å²) in [5.74, 6) is 0.175. The van der Waals surface area contributed by atoms with Crippen LogP contribution < -0.4 is 0 Å². The van der Waals surface area contributed by atoms with E-state index in [1.54, 1.807) is 24.4 Å². The van der Waals surface area contributed by atoms with Gasteiger partial charge in [0.15, 0.2) is 0 Å². The van der Waals surface area contributed by atoms with Gasteiger partial charge in [0.1, 0.15) is 5.75 Å². The number of nitrogens with zero attached hydrogens (tertiary/aromatic N) is 1. The third-order valence-electron chi connectivity index (χ3n) is 2.85. The minimum Gasteiger partial charge on any atom is -0.507 e. The van der Waals surface area contributed by atoms with Crippen molar-refractivity contribution < 1.29 is 10.2 Å². The summed E-state index contributed by atoms with van der Waals surface area (Å²) in [5, 5.41) is 19.6. The fourth-order valence-electron chi connectivity index (χ4n) is 1.85. The Kier molecular flexibility index (Phi) is 5.32. The maximum atomic E-state index is 9.92. The van der Waals surface area contributed by atoms with E-state index in [1.165, 1.54) is 0 Å². The molecule has 0 aromatic heterocycles. The third-order valence-corrected chi connectivity index (χ3v) is 3.34. The highest BCUT2D eigenvalue weighted by molar-refractivity contribution is 9.10. The van der Waals surface area contributed by atoms with E-state index in [4.69, 9.17) is 0 Å². The van der Waals surface area contributed by atoms with Crippen molar-refractivity contribution in [3.05, 3.63) is 64.1 Å². The van der Waals surface area contributed by atoms with Crippen molar-refractivity contribution in [3.8, 4) is 5.75 Å². The van der Waals surface area contributed by atoms with Gasteiger partial charge in [-0.1, -0.05) is 46.3 Å². The summed E-state index contributed by atoms with van der Waals surface area (Å²) in [6, 6.07) is 14.9. The zero-order chi connectivity index (χ0) is 14.4. The summed E-state index contributed by atoms with van der Waals surface area (Å²) in [6.45, 7) is 0.306. The van der Waals surface area contributed by atoms with E-state index in [1.807, 2.05) is 30.3 Å². The van der Waals surface area contributed by atoms with E-state index >= 15 is 0 Å². The smallest absolute Gasteiger partial charge is 0.124 e. The molecule has 104 valence electrons. The molecule has 0 spiro atoms. The Bertz CT molecular complexity index is 584. The van der Waals surface area contributed by atoms with Crippen LogP contribution in [0.1, 0.15) is 11.1 Å². The normalized spacial score (nSPS) is 12.7. The second-order valence-corrected chi connectivity index (χ2v) is 5.46. The number of aromatic hydroxyl groups is 1. The number of phenols is 1. The molecule has 2 aromatic carbocycles. The monoisotopic (exact) mass is 333 g/mol. The quantitative estimate of drug-likeness (QED) is 0.825. The topological polar surface area (TPSA) is 52.8 Å². The zero-order valence-electron chi connectivity index (χ0n) is 10.9. The molecule has 4 heteroatoms. The average Bonchev–Trinajstić information content (AvgIpc) is 2.44. The number of hydrogen-bond donors (Lipinski definition) is 2. The number of aliphatic imine (C=N–C) groups is 1. The molecule has 0 radical (unpaired) electrons. The van der Waals surface area contributed by atoms with Crippen molar-refractivity contribution in [2.45, 2.75) is 12.5 Å². The number of rotatable bonds is 5. The maximum absolute atomic E-state index is 9.92. The molecule has 0 bridgehead atoms. The van der Waals surface area contributed by atoms with Gasteiger partial charge in [-0.2, -0.15) is 0 Å². The number of aliphatic hydroxyl groups excluding tert-OH is 1.